The van der Waals surface area contributed by atoms with Gasteiger partial charge in [0.05, 0.1) is 5.52 Å². The van der Waals surface area contributed by atoms with Crippen LogP contribution in [0.25, 0.3) is 16.0 Å². The van der Waals surface area contributed by atoms with Gasteiger partial charge >= 0.3 is 0 Å². The molecule has 0 radical (unpaired) electrons. The predicted octanol–water partition coefficient (Wildman–Crippen LogP) is 3.41. The van der Waals surface area contributed by atoms with Crippen molar-refractivity contribution in [2.45, 2.75) is 39.2 Å². The number of ether oxygens (including phenoxy) is 1. The SMILES string of the molecule is COCCCn1c(=O)c2sccc2n2c(CCCC(=O)Nc3cccc(C)c3)nnc12. The molecule has 0 saturated carbocycles. The number of benzene rings is 1. The van der Waals surface area contributed by atoms with E-state index < -0.39 is 0 Å². The third kappa shape index (κ3) is 4.52. The van der Waals surface area contributed by atoms with Crippen molar-refractivity contribution in [3.63, 3.8) is 0 Å². The second-order valence-electron chi connectivity index (χ2n) is 7.46. The van der Waals surface area contributed by atoms with E-state index in [2.05, 4.69) is 15.5 Å². The molecular formula is C22H25N5O3S. The highest BCUT2D eigenvalue weighted by molar-refractivity contribution is 7.17. The van der Waals surface area contributed by atoms with E-state index in [0.29, 0.717) is 49.3 Å². The maximum Gasteiger partial charge on any atom is 0.272 e. The van der Waals surface area contributed by atoms with Crippen molar-refractivity contribution < 1.29 is 9.53 Å². The molecule has 4 rings (SSSR count). The number of hydrogen-bond acceptors (Lipinski definition) is 6. The Morgan fingerprint density at radius 3 is 2.90 bits per heavy atom. The fourth-order valence-corrected chi connectivity index (χ4v) is 4.49. The second-order valence-corrected chi connectivity index (χ2v) is 8.38. The molecule has 3 aromatic heterocycles. The van der Waals surface area contributed by atoms with E-state index >= 15 is 0 Å². The molecule has 0 atom stereocenters. The van der Waals surface area contributed by atoms with E-state index in [4.69, 9.17) is 4.74 Å². The minimum atomic E-state index is -0.0508. The molecule has 0 fully saturated rings. The Bertz CT molecular complexity index is 1270. The molecule has 0 spiro atoms. The van der Waals surface area contributed by atoms with Gasteiger partial charge in [-0.3, -0.25) is 18.6 Å². The van der Waals surface area contributed by atoms with E-state index in [-0.39, 0.29) is 11.5 Å². The Hall–Kier alpha value is -3.04. The van der Waals surface area contributed by atoms with Gasteiger partial charge < -0.3 is 10.1 Å². The van der Waals surface area contributed by atoms with Crippen LogP contribution in [0.2, 0.25) is 0 Å². The van der Waals surface area contributed by atoms with Gasteiger partial charge in [0.15, 0.2) is 0 Å². The number of aromatic nitrogens is 4. The minimum absolute atomic E-state index is 0.0309. The summed E-state index contributed by atoms with van der Waals surface area (Å²) in [6.45, 7) is 3.07. The lowest BCUT2D eigenvalue weighted by molar-refractivity contribution is -0.116. The van der Waals surface area contributed by atoms with Gasteiger partial charge in [-0.1, -0.05) is 12.1 Å². The maximum absolute atomic E-state index is 12.9. The lowest BCUT2D eigenvalue weighted by Gasteiger charge is -2.09. The average molecular weight is 440 g/mol. The van der Waals surface area contributed by atoms with E-state index in [1.54, 1.807) is 11.7 Å². The van der Waals surface area contributed by atoms with Crippen LogP contribution < -0.4 is 10.9 Å². The third-order valence-corrected chi connectivity index (χ3v) is 6.01. The zero-order valence-corrected chi connectivity index (χ0v) is 18.4. The van der Waals surface area contributed by atoms with Gasteiger partial charge in [0.25, 0.3) is 5.56 Å². The first kappa shape index (κ1) is 21.2. The number of fused-ring (bicyclic) bond motifs is 3. The van der Waals surface area contributed by atoms with Crippen LogP contribution in [0.1, 0.15) is 30.7 Å². The largest absolute Gasteiger partial charge is 0.385 e. The molecule has 8 nitrogen and oxygen atoms in total. The number of hydrogen-bond donors (Lipinski definition) is 1. The maximum atomic E-state index is 12.9. The molecular weight excluding hydrogens is 414 g/mol. The number of nitrogens with zero attached hydrogens (tertiary/aromatic N) is 4. The Morgan fingerprint density at radius 2 is 2.10 bits per heavy atom. The van der Waals surface area contributed by atoms with Gasteiger partial charge in [-0.15, -0.1) is 21.5 Å². The van der Waals surface area contributed by atoms with Crippen molar-refractivity contribution in [1.29, 1.82) is 0 Å². The molecule has 1 amide bonds. The molecule has 162 valence electrons. The Labute approximate surface area is 183 Å². The Morgan fingerprint density at radius 1 is 1.23 bits per heavy atom. The first-order valence-electron chi connectivity index (χ1n) is 10.3. The molecule has 3 heterocycles. The van der Waals surface area contributed by atoms with Crippen molar-refractivity contribution in [2.75, 3.05) is 19.0 Å². The molecule has 0 aliphatic rings. The smallest absolute Gasteiger partial charge is 0.272 e. The van der Waals surface area contributed by atoms with Crippen molar-refractivity contribution in [3.8, 4) is 0 Å². The van der Waals surface area contributed by atoms with Crippen molar-refractivity contribution >= 4 is 38.9 Å². The molecule has 1 aromatic carbocycles. The molecule has 0 saturated heterocycles. The third-order valence-electron chi connectivity index (χ3n) is 5.12. The number of aryl methyl sites for hydroxylation is 3. The molecule has 0 aliphatic heterocycles. The summed E-state index contributed by atoms with van der Waals surface area (Å²) >= 11 is 1.42. The Kier molecular flexibility index (Phi) is 6.43. The number of rotatable bonds is 9. The summed E-state index contributed by atoms with van der Waals surface area (Å²) in [7, 11) is 1.64. The molecule has 31 heavy (non-hydrogen) atoms. The molecule has 0 bridgehead atoms. The normalized spacial score (nSPS) is 11.4. The lowest BCUT2D eigenvalue weighted by atomic mass is 10.2. The van der Waals surface area contributed by atoms with Crippen molar-refractivity contribution in [1.82, 2.24) is 19.2 Å². The highest BCUT2D eigenvalue weighted by Gasteiger charge is 2.17. The van der Waals surface area contributed by atoms with E-state index in [1.807, 2.05) is 47.0 Å². The van der Waals surface area contributed by atoms with Crippen LogP contribution in [0.5, 0.6) is 0 Å². The summed E-state index contributed by atoms with van der Waals surface area (Å²) in [5.74, 6) is 1.25. The fourth-order valence-electron chi connectivity index (χ4n) is 3.66. The quantitative estimate of drug-likeness (QED) is 0.404. The molecule has 0 unspecified atom stereocenters. The van der Waals surface area contributed by atoms with Crippen LogP contribution in [-0.2, 0) is 22.5 Å². The van der Waals surface area contributed by atoms with E-state index in [1.165, 1.54) is 11.3 Å². The van der Waals surface area contributed by atoms with Crippen LogP contribution >= 0.6 is 11.3 Å². The number of methoxy groups -OCH3 is 1. The van der Waals surface area contributed by atoms with Gasteiger partial charge in [-0.05, 0) is 48.9 Å². The number of thiophene rings is 1. The van der Waals surface area contributed by atoms with Crippen LogP contribution in [0.15, 0.2) is 40.5 Å². The van der Waals surface area contributed by atoms with Gasteiger partial charge in [-0.25, -0.2) is 0 Å². The summed E-state index contributed by atoms with van der Waals surface area (Å²) in [6.07, 6.45) is 2.31. The Balaban J connectivity index is 1.52. The zero-order valence-electron chi connectivity index (χ0n) is 17.6. The average Bonchev–Trinajstić information content (AvgIpc) is 3.38. The summed E-state index contributed by atoms with van der Waals surface area (Å²) in [5.41, 5.74) is 2.67. The standard InChI is InChI=1S/C22H25N5O3S/c1-15-6-3-7-16(14-15)23-19(28)9-4-8-18-24-25-22-26(11-5-12-30-2)21(29)20-17(27(18)22)10-13-31-20/h3,6-7,10,13-14H,4-5,8-9,11-12H2,1-2H3,(H,23,28). The summed E-state index contributed by atoms with van der Waals surface area (Å²) in [5, 5.41) is 13.5. The first-order valence-corrected chi connectivity index (χ1v) is 11.2. The minimum Gasteiger partial charge on any atom is -0.385 e. The van der Waals surface area contributed by atoms with Crippen molar-refractivity contribution in [3.05, 3.63) is 57.5 Å². The number of anilines is 1. The highest BCUT2D eigenvalue weighted by Crippen LogP contribution is 2.21. The number of carbonyl (C=O) groups excluding carboxylic acids is 1. The number of carbonyl (C=O) groups is 1. The summed E-state index contributed by atoms with van der Waals surface area (Å²) in [6, 6.07) is 9.66. The topological polar surface area (TPSA) is 90.5 Å². The van der Waals surface area contributed by atoms with E-state index in [9.17, 15) is 9.59 Å². The number of nitrogens with one attached hydrogen (secondary N) is 1. The molecule has 9 heteroatoms. The van der Waals surface area contributed by atoms with Gasteiger partial charge in [0.1, 0.15) is 10.5 Å². The highest BCUT2D eigenvalue weighted by atomic mass is 32.1. The molecule has 0 aliphatic carbocycles. The van der Waals surface area contributed by atoms with Crippen LogP contribution in [0, 0.1) is 6.92 Å². The first-order chi connectivity index (χ1) is 15.1. The van der Waals surface area contributed by atoms with Gasteiger partial charge in [0.2, 0.25) is 11.7 Å². The monoisotopic (exact) mass is 439 g/mol. The van der Waals surface area contributed by atoms with E-state index in [0.717, 1.165) is 22.6 Å². The fraction of sp³-hybridized carbons (Fsp3) is 0.364. The van der Waals surface area contributed by atoms with Crippen LogP contribution in [0.3, 0.4) is 0 Å². The summed E-state index contributed by atoms with van der Waals surface area (Å²) in [4.78, 5) is 25.2. The molecule has 1 N–H and O–H groups in total. The predicted molar refractivity (Wildman–Crippen MR) is 122 cm³/mol. The lowest BCUT2D eigenvalue weighted by Crippen LogP contribution is -2.23. The second kappa shape index (κ2) is 9.40. The van der Waals surface area contributed by atoms with Crippen LogP contribution in [-0.4, -0.2) is 38.8 Å². The number of amides is 1. The zero-order chi connectivity index (χ0) is 21.8. The summed E-state index contributed by atoms with van der Waals surface area (Å²) < 4.78 is 9.42. The van der Waals surface area contributed by atoms with Gasteiger partial charge in [-0.2, -0.15) is 0 Å². The van der Waals surface area contributed by atoms with Crippen molar-refractivity contribution in [2.24, 2.45) is 0 Å². The molecule has 4 aromatic rings. The van der Waals surface area contributed by atoms with Crippen LogP contribution in [0.4, 0.5) is 5.69 Å². The van der Waals surface area contributed by atoms with Gasteiger partial charge in [0, 0.05) is 38.8 Å².